The molecule has 3 rings (SSSR count). The Morgan fingerprint density at radius 1 is 1.19 bits per heavy atom. The van der Waals surface area contributed by atoms with Gasteiger partial charge in [-0.3, -0.25) is 4.79 Å². The molecule has 1 fully saturated rings. The molecule has 2 aromatic carbocycles. The van der Waals surface area contributed by atoms with Crippen molar-refractivity contribution < 1.29 is 35.5 Å². The van der Waals surface area contributed by atoms with Gasteiger partial charge in [0.25, 0.3) is 0 Å². The number of benzene rings is 2. The van der Waals surface area contributed by atoms with Crippen molar-refractivity contribution in [1.29, 1.82) is 0 Å². The molecule has 1 aliphatic heterocycles. The molecule has 11 heteroatoms. The number of methoxy groups -OCH3 is 1. The van der Waals surface area contributed by atoms with Crippen molar-refractivity contribution in [2.45, 2.75) is 23.9 Å². The van der Waals surface area contributed by atoms with Crippen molar-refractivity contribution in [2.24, 2.45) is 5.92 Å². The van der Waals surface area contributed by atoms with Crippen LogP contribution in [-0.2, 0) is 21.0 Å². The van der Waals surface area contributed by atoms with E-state index in [-0.39, 0.29) is 29.4 Å². The fraction of sp³-hybridized carbons (Fsp3) is 0.350. The van der Waals surface area contributed by atoms with E-state index in [4.69, 9.17) is 4.74 Å². The first-order valence-corrected chi connectivity index (χ1v) is 10.8. The largest absolute Gasteiger partial charge is 0.495 e. The highest BCUT2D eigenvalue weighted by atomic mass is 32.2. The number of halogens is 4. The van der Waals surface area contributed by atoms with Crippen LogP contribution in [0.1, 0.15) is 18.4 Å². The number of carbonyl (C=O) groups is 1. The van der Waals surface area contributed by atoms with E-state index in [1.54, 1.807) is 0 Å². The summed E-state index contributed by atoms with van der Waals surface area (Å²) >= 11 is 0. The van der Waals surface area contributed by atoms with Crippen molar-refractivity contribution in [3.8, 4) is 5.75 Å². The van der Waals surface area contributed by atoms with Crippen molar-refractivity contribution in [1.82, 2.24) is 4.31 Å². The minimum Gasteiger partial charge on any atom is -0.495 e. The number of alkyl halides is 3. The lowest BCUT2D eigenvalue weighted by Gasteiger charge is -2.31. The van der Waals surface area contributed by atoms with Gasteiger partial charge in [-0.15, -0.1) is 0 Å². The van der Waals surface area contributed by atoms with Crippen LogP contribution in [0.15, 0.2) is 47.4 Å². The Morgan fingerprint density at radius 2 is 1.94 bits per heavy atom. The van der Waals surface area contributed by atoms with Crippen molar-refractivity contribution in [3.05, 3.63) is 53.8 Å². The fourth-order valence-electron chi connectivity index (χ4n) is 3.38. The van der Waals surface area contributed by atoms with Gasteiger partial charge in [-0.25, -0.2) is 12.8 Å². The number of piperidine rings is 1. The Hall–Kier alpha value is -2.66. The highest BCUT2D eigenvalue weighted by molar-refractivity contribution is 7.89. The molecule has 1 amide bonds. The summed E-state index contributed by atoms with van der Waals surface area (Å²) in [4.78, 5) is 12.3. The van der Waals surface area contributed by atoms with Crippen LogP contribution in [0.25, 0.3) is 0 Å². The van der Waals surface area contributed by atoms with E-state index in [9.17, 15) is 30.8 Å². The van der Waals surface area contributed by atoms with Crippen LogP contribution in [0.2, 0.25) is 0 Å². The molecule has 2 aromatic rings. The van der Waals surface area contributed by atoms with Crippen LogP contribution in [0.3, 0.4) is 0 Å². The molecule has 31 heavy (non-hydrogen) atoms. The average molecular weight is 460 g/mol. The zero-order valence-corrected chi connectivity index (χ0v) is 17.3. The van der Waals surface area contributed by atoms with Crippen LogP contribution in [-0.4, -0.2) is 38.8 Å². The molecule has 1 atom stereocenters. The van der Waals surface area contributed by atoms with Gasteiger partial charge >= 0.3 is 6.18 Å². The molecule has 168 valence electrons. The molecule has 0 spiro atoms. The van der Waals surface area contributed by atoms with Crippen molar-refractivity contribution >= 4 is 21.6 Å². The predicted molar refractivity (Wildman–Crippen MR) is 105 cm³/mol. The Labute approximate surface area is 176 Å². The molecule has 0 aromatic heterocycles. The van der Waals surface area contributed by atoms with E-state index < -0.39 is 39.4 Å². The molecule has 1 saturated heterocycles. The lowest BCUT2D eigenvalue weighted by atomic mass is 9.98. The van der Waals surface area contributed by atoms with Crippen LogP contribution < -0.4 is 10.1 Å². The summed E-state index contributed by atoms with van der Waals surface area (Å²) in [5.41, 5.74) is -0.942. The van der Waals surface area contributed by atoms with E-state index in [1.807, 2.05) is 0 Å². The van der Waals surface area contributed by atoms with Gasteiger partial charge in [0.15, 0.2) is 0 Å². The molecule has 0 aliphatic carbocycles. The normalized spacial score (nSPS) is 17.9. The second kappa shape index (κ2) is 8.83. The lowest BCUT2D eigenvalue weighted by Crippen LogP contribution is -2.43. The summed E-state index contributed by atoms with van der Waals surface area (Å²) in [6, 6.07) is 7.31. The van der Waals surface area contributed by atoms with Crippen LogP contribution in [0.4, 0.5) is 23.2 Å². The lowest BCUT2D eigenvalue weighted by molar-refractivity contribution is -0.137. The fourth-order valence-corrected chi connectivity index (χ4v) is 5.07. The van der Waals surface area contributed by atoms with Gasteiger partial charge in [0.05, 0.1) is 18.6 Å². The number of hydrogen-bond acceptors (Lipinski definition) is 4. The minimum absolute atomic E-state index is 0.0306. The zero-order valence-electron chi connectivity index (χ0n) is 16.4. The Morgan fingerprint density at radius 3 is 2.61 bits per heavy atom. The molecule has 1 N–H and O–H groups in total. The van der Waals surface area contributed by atoms with Crippen LogP contribution in [0, 0.1) is 11.7 Å². The van der Waals surface area contributed by atoms with Gasteiger partial charge in [0.2, 0.25) is 15.9 Å². The van der Waals surface area contributed by atoms with Crippen molar-refractivity contribution in [3.63, 3.8) is 0 Å². The quantitative estimate of drug-likeness (QED) is 0.687. The molecule has 0 radical (unpaired) electrons. The zero-order chi connectivity index (χ0) is 22.8. The molecular weight excluding hydrogens is 440 g/mol. The minimum atomic E-state index is -4.56. The van der Waals surface area contributed by atoms with E-state index in [2.05, 4.69) is 5.32 Å². The predicted octanol–water partition coefficient (Wildman–Crippen LogP) is 3.89. The summed E-state index contributed by atoms with van der Waals surface area (Å²) in [6.07, 6.45) is -3.84. The summed E-state index contributed by atoms with van der Waals surface area (Å²) in [5.74, 6) is -2.16. The maximum absolute atomic E-state index is 13.7. The number of ether oxygens (including phenoxy) is 1. The monoisotopic (exact) mass is 460 g/mol. The first-order valence-electron chi connectivity index (χ1n) is 9.34. The van der Waals surface area contributed by atoms with Crippen LogP contribution >= 0.6 is 0 Å². The highest BCUT2D eigenvalue weighted by Gasteiger charge is 2.35. The van der Waals surface area contributed by atoms with E-state index >= 15 is 0 Å². The Bertz CT molecular complexity index is 1070. The summed E-state index contributed by atoms with van der Waals surface area (Å²) in [7, 11) is -2.90. The maximum atomic E-state index is 13.7. The van der Waals surface area contributed by atoms with E-state index in [0.717, 1.165) is 28.6 Å². The molecule has 0 unspecified atom stereocenters. The molecule has 0 saturated carbocycles. The van der Waals surface area contributed by atoms with Gasteiger partial charge in [-0.1, -0.05) is 6.07 Å². The van der Waals surface area contributed by atoms with Gasteiger partial charge in [-0.2, -0.15) is 17.5 Å². The third-order valence-corrected chi connectivity index (χ3v) is 6.84. The Balaban J connectivity index is 1.78. The standard InChI is InChI=1S/C20H20F4N2O4S/c1-30-17-8-7-15(21)11-18(17)31(28,29)26-9-3-4-13(12-26)19(27)25-16-6-2-5-14(10-16)20(22,23)24/h2,5-8,10-11,13H,3-4,9,12H2,1H3,(H,25,27)/t13-/m0/s1. The maximum Gasteiger partial charge on any atom is 0.416 e. The number of rotatable bonds is 5. The SMILES string of the molecule is COc1ccc(F)cc1S(=O)(=O)N1CCC[C@H](C(=O)Nc2cccc(C(F)(F)F)c2)C1. The average Bonchev–Trinajstić information content (AvgIpc) is 2.73. The smallest absolute Gasteiger partial charge is 0.416 e. The number of carbonyl (C=O) groups excluding carboxylic acids is 1. The highest BCUT2D eigenvalue weighted by Crippen LogP contribution is 2.32. The summed E-state index contributed by atoms with van der Waals surface area (Å²) in [5, 5.41) is 2.42. The molecule has 6 nitrogen and oxygen atoms in total. The number of sulfonamides is 1. The second-order valence-corrected chi connectivity index (χ2v) is 8.97. The molecule has 1 heterocycles. The molecule has 1 aliphatic rings. The Kier molecular flexibility index (Phi) is 6.56. The first kappa shape index (κ1) is 23.0. The number of anilines is 1. The third kappa shape index (κ3) is 5.16. The first-order chi connectivity index (χ1) is 14.5. The van der Waals surface area contributed by atoms with E-state index in [0.29, 0.717) is 12.8 Å². The third-order valence-electron chi connectivity index (χ3n) is 4.96. The van der Waals surface area contributed by atoms with Crippen molar-refractivity contribution in [2.75, 3.05) is 25.5 Å². The van der Waals surface area contributed by atoms with Gasteiger partial charge in [0.1, 0.15) is 16.5 Å². The second-order valence-electron chi connectivity index (χ2n) is 7.07. The van der Waals surface area contributed by atoms with Gasteiger partial charge < -0.3 is 10.1 Å². The van der Waals surface area contributed by atoms with E-state index in [1.165, 1.54) is 25.3 Å². The molecular formula is C20H20F4N2O4S. The number of hydrogen-bond donors (Lipinski definition) is 1. The number of nitrogens with zero attached hydrogens (tertiary/aromatic N) is 1. The van der Waals surface area contributed by atoms with Gasteiger partial charge in [0, 0.05) is 18.8 Å². The number of amides is 1. The molecule has 0 bridgehead atoms. The number of nitrogens with one attached hydrogen (secondary N) is 1. The summed E-state index contributed by atoms with van der Waals surface area (Å²) in [6.45, 7) is -0.0673. The topological polar surface area (TPSA) is 75.7 Å². The summed E-state index contributed by atoms with van der Waals surface area (Å²) < 4.78 is 84.4. The van der Waals surface area contributed by atoms with Gasteiger partial charge in [-0.05, 0) is 49.2 Å². The van der Waals surface area contributed by atoms with Crippen LogP contribution in [0.5, 0.6) is 5.75 Å².